The molecule has 0 bridgehead atoms. The van der Waals surface area contributed by atoms with Crippen molar-refractivity contribution in [2.75, 3.05) is 17.7 Å². The molecule has 1 atom stereocenters. The topological polar surface area (TPSA) is 66.5 Å². The van der Waals surface area contributed by atoms with Gasteiger partial charge < -0.3 is 15.0 Å². The zero-order chi connectivity index (χ0) is 17.9. The van der Waals surface area contributed by atoms with Crippen molar-refractivity contribution in [1.82, 2.24) is 4.98 Å². The highest BCUT2D eigenvalue weighted by atomic mass is 32.2. The Bertz CT molecular complexity index is 824. The van der Waals surface area contributed by atoms with Gasteiger partial charge in [0.15, 0.2) is 0 Å². The predicted molar refractivity (Wildman–Crippen MR) is 108 cm³/mol. The normalized spacial score (nSPS) is 20.5. The van der Waals surface area contributed by atoms with Gasteiger partial charge in [-0.05, 0) is 43.5 Å². The Balaban J connectivity index is 1.57. The Hall–Kier alpha value is -1.95. The molecule has 0 spiro atoms. The first-order valence-corrected chi connectivity index (χ1v) is 10.4. The fourth-order valence-corrected chi connectivity index (χ4v) is 4.96. The number of aliphatic imine (C=N–C) groups is 1. The monoisotopic (exact) mass is 371 g/mol. The highest BCUT2D eigenvalue weighted by molar-refractivity contribution is 8.14. The summed E-state index contributed by atoms with van der Waals surface area (Å²) in [7, 11) is 0. The van der Waals surface area contributed by atoms with Crippen molar-refractivity contribution in [3.05, 3.63) is 29.5 Å². The Morgan fingerprint density at radius 2 is 2.19 bits per heavy atom. The van der Waals surface area contributed by atoms with Crippen LogP contribution in [0.25, 0.3) is 10.9 Å². The summed E-state index contributed by atoms with van der Waals surface area (Å²) in [5.41, 5.74) is 4.74. The van der Waals surface area contributed by atoms with E-state index in [0.717, 1.165) is 22.9 Å². The summed E-state index contributed by atoms with van der Waals surface area (Å²) in [4.78, 5) is 18.7. The number of aryl methyl sites for hydroxylation is 1. The van der Waals surface area contributed by atoms with Crippen LogP contribution in [0.15, 0.2) is 23.2 Å². The minimum atomic E-state index is 0.221. The molecule has 1 aliphatic carbocycles. The van der Waals surface area contributed by atoms with Crippen LogP contribution in [-0.2, 0) is 9.53 Å². The van der Waals surface area contributed by atoms with Crippen molar-refractivity contribution >= 4 is 39.9 Å². The number of fused-ring (bicyclic) bond motifs is 1. The van der Waals surface area contributed by atoms with Crippen molar-refractivity contribution in [3.8, 4) is 0 Å². The van der Waals surface area contributed by atoms with Gasteiger partial charge in [-0.1, -0.05) is 12.8 Å². The van der Waals surface area contributed by atoms with Gasteiger partial charge in [0.05, 0.1) is 29.5 Å². The van der Waals surface area contributed by atoms with Crippen LogP contribution in [0.5, 0.6) is 0 Å². The number of ether oxygens (including phenoxy) is 1. The molecule has 2 N–H and O–H groups in total. The first-order chi connectivity index (χ1) is 12.7. The Labute approximate surface area is 158 Å². The second-order valence-corrected chi connectivity index (χ2v) is 8.25. The van der Waals surface area contributed by atoms with Gasteiger partial charge in [0.1, 0.15) is 5.04 Å². The van der Waals surface area contributed by atoms with Crippen LogP contribution >= 0.6 is 11.8 Å². The maximum atomic E-state index is 10.3. The number of rotatable bonds is 7. The Kier molecular flexibility index (Phi) is 5.20. The highest BCUT2D eigenvalue weighted by Crippen LogP contribution is 2.32. The molecule has 2 aromatic rings. The molecule has 2 aliphatic rings. The zero-order valence-electron chi connectivity index (χ0n) is 15.1. The molecule has 5 nitrogen and oxygen atoms in total. The SMILES string of the molecule is Cc1cc(NC2CCCC2)c2[nH]c(C3=N[C@H](CCOC=O)CS3)cc2c1. The second-order valence-electron chi connectivity index (χ2n) is 7.24. The van der Waals surface area contributed by atoms with Crippen LogP contribution in [0.4, 0.5) is 5.69 Å². The minimum absolute atomic E-state index is 0.221. The van der Waals surface area contributed by atoms with Crippen molar-refractivity contribution in [2.45, 2.75) is 51.1 Å². The largest absolute Gasteiger partial charge is 0.468 e. The van der Waals surface area contributed by atoms with E-state index in [0.29, 0.717) is 19.1 Å². The summed E-state index contributed by atoms with van der Waals surface area (Å²) in [6.45, 7) is 3.09. The van der Waals surface area contributed by atoms with Crippen molar-refractivity contribution < 1.29 is 9.53 Å². The van der Waals surface area contributed by atoms with E-state index >= 15 is 0 Å². The lowest BCUT2D eigenvalue weighted by Gasteiger charge is -2.15. The number of anilines is 1. The van der Waals surface area contributed by atoms with Gasteiger partial charge in [-0.2, -0.15) is 0 Å². The van der Waals surface area contributed by atoms with Gasteiger partial charge in [0.25, 0.3) is 6.47 Å². The quantitative estimate of drug-likeness (QED) is 0.564. The van der Waals surface area contributed by atoms with E-state index in [-0.39, 0.29) is 6.04 Å². The molecule has 0 unspecified atom stereocenters. The number of benzene rings is 1. The molecular weight excluding hydrogens is 346 g/mol. The first kappa shape index (κ1) is 17.5. The molecule has 1 aromatic heterocycles. The van der Waals surface area contributed by atoms with Crippen LogP contribution in [0, 0.1) is 6.92 Å². The summed E-state index contributed by atoms with van der Waals surface area (Å²) in [6, 6.07) is 7.49. The van der Waals surface area contributed by atoms with E-state index < -0.39 is 0 Å². The minimum Gasteiger partial charge on any atom is -0.468 e. The van der Waals surface area contributed by atoms with E-state index in [1.165, 1.54) is 47.8 Å². The van der Waals surface area contributed by atoms with E-state index in [4.69, 9.17) is 9.73 Å². The van der Waals surface area contributed by atoms with E-state index in [2.05, 4.69) is 35.4 Å². The third-order valence-corrected chi connectivity index (χ3v) is 6.32. The lowest BCUT2D eigenvalue weighted by Crippen LogP contribution is -2.14. The number of thioether (sulfide) groups is 1. The molecule has 0 radical (unpaired) electrons. The number of H-pyrrole nitrogens is 1. The predicted octanol–water partition coefficient (Wildman–Crippen LogP) is 4.26. The van der Waals surface area contributed by atoms with Crippen LogP contribution in [0.1, 0.15) is 43.4 Å². The summed E-state index contributed by atoms with van der Waals surface area (Å²) in [6.07, 6.45) is 5.95. The van der Waals surface area contributed by atoms with Gasteiger partial charge in [-0.15, -0.1) is 11.8 Å². The molecule has 1 aliphatic heterocycles. The maximum Gasteiger partial charge on any atom is 0.293 e. The molecule has 4 rings (SSSR count). The van der Waals surface area contributed by atoms with Crippen LogP contribution in [0.2, 0.25) is 0 Å². The fraction of sp³-hybridized carbons (Fsp3) is 0.500. The number of aromatic amines is 1. The summed E-state index contributed by atoms with van der Waals surface area (Å²) >= 11 is 1.77. The third kappa shape index (κ3) is 3.75. The molecule has 1 fully saturated rings. The molecule has 6 heteroatoms. The fourth-order valence-electron chi connectivity index (χ4n) is 3.88. The number of aromatic nitrogens is 1. The van der Waals surface area contributed by atoms with Crippen molar-refractivity contribution in [3.63, 3.8) is 0 Å². The average molecular weight is 372 g/mol. The molecular formula is C20H25N3O2S. The van der Waals surface area contributed by atoms with E-state index in [1.54, 1.807) is 11.8 Å². The maximum absolute atomic E-state index is 10.3. The first-order valence-electron chi connectivity index (χ1n) is 9.39. The standard InChI is InChI=1S/C20H25N3O2S/c1-13-8-14-10-18(20-22-16(11-26-20)6-7-25-12-24)23-19(14)17(9-13)21-15-4-2-3-5-15/h8-10,12,15-16,21,23H,2-7,11H2,1H3/t16-/m1/s1. The van der Waals surface area contributed by atoms with E-state index in [9.17, 15) is 4.79 Å². The van der Waals surface area contributed by atoms with Crippen LogP contribution in [-0.4, -0.2) is 40.9 Å². The van der Waals surface area contributed by atoms with E-state index in [1.807, 2.05) is 0 Å². The van der Waals surface area contributed by atoms with Gasteiger partial charge in [-0.3, -0.25) is 9.79 Å². The molecule has 138 valence electrons. The number of hydrogen-bond donors (Lipinski definition) is 2. The lowest BCUT2D eigenvalue weighted by molar-refractivity contribution is -0.128. The summed E-state index contributed by atoms with van der Waals surface area (Å²) in [5.74, 6) is 0.944. The molecule has 2 heterocycles. The van der Waals surface area contributed by atoms with Gasteiger partial charge in [0.2, 0.25) is 0 Å². The average Bonchev–Trinajstić information content (AvgIpc) is 3.34. The summed E-state index contributed by atoms with van der Waals surface area (Å²) in [5, 5.41) is 6.03. The smallest absolute Gasteiger partial charge is 0.293 e. The Morgan fingerprint density at radius 1 is 1.35 bits per heavy atom. The molecule has 0 amide bonds. The number of carbonyl (C=O) groups excluding carboxylic acids is 1. The van der Waals surface area contributed by atoms with Gasteiger partial charge >= 0.3 is 0 Å². The zero-order valence-corrected chi connectivity index (χ0v) is 15.9. The second kappa shape index (κ2) is 7.74. The molecule has 0 saturated heterocycles. The van der Waals surface area contributed by atoms with Gasteiger partial charge in [0, 0.05) is 23.6 Å². The van der Waals surface area contributed by atoms with Gasteiger partial charge in [-0.25, -0.2) is 0 Å². The summed E-state index contributed by atoms with van der Waals surface area (Å²) < 4.78 is 4.80. The number of carbonyl (C=O) groups is 1. The van der Waals surface area contributed by atoms with Crippen LogP contribution in [0.3, 0.4) is 0 Å². The molecule has 1 saturated carbocycles. The number of nitrogens with one attached hydrogen (secondary N) is 2. The molecule has 26 heavy (non-hydrogen) atoms. The molecule has 1 aromatic carbocycles. The Morgan fingerprint density at radius 3 is 3.00 bits per heavy atom. The number of hydrogen-bond acceptors (Lipinski definition) is 5. The van der Waals surface area contributed by atoms with Crippen LogP contribution < -0.4 is 5.32 Å². The van der Waals surface area contributed by atoms with Crippen molar-refractivity contribution in [2.24, 2.45) is 4.99 Å². The highest BCUT2D eigenvalue weighted by Gasteiger charge is 2.22. The number of nitrogens with zero attached hydrogens (tertiary/aromatic N) is 1. The lowest BCUT2D eigenvalue weighted by atomic mass is 10.1. The third-order valence-electron chi connectivity index (χ3n) is 5.17. The van der Waals surface area contributed by atoms with Crippen molar-refractivity contribution in [1.29, 1.82) is 0 Å².